The highest BCUT2D eigenvalue weighted by Gasteiger charge is 2.33. The first-order valence-corrected chi connectivity index (χ1v) is 9.88. The molecule has 2 aromatic carbocycles. The van der Waals surface area contributed by atoms with E-state index >= 15 is 0 Å². The van der Waals surface area contributed by atoms with Gasteiger partial charge in [0.15, 0.2) is 0 Å². The van der Waals surface area contributed by atoms with Gasteiger partial charge in [-0.3, -0.25) is 9.52 Å². The van der Waals surface area contributed by atoms with Crippen LogP contribution in [0.4, 0.5) is 11.4 Å². The van der Waals surface area contributed by atoms with E-state index in [4.69, 9.17) is 4.74 Å². The SMILES string of the molecule is COc1ccc(S(=O)(=O)Nc2ccccc2N(C(C)=O)C2CC2)c(C)c1. The van der Waals surface area contributed by atoms with Gasteiger partial charge in [-0.15, -0.1) is 0 Å². The lowest BCUT2D eigenvalue weighted by molar-refractivity contribution is -0.116. The molecule has 1 aliphatic carbocycles. The van der Waals surface area contributed by atoms with Gasteiger partial charge in [-0.1, -0.05) is 12.1 Å². The molecule has 0 aliphatic heterocycles. The van der Waals surface area contributed by atoms with Crippen molar-refractivity contribution < 1.29 is 17.9 Å². The van der Waals surface area contributed by atoms with Crippen LogP contribution in [-0.2, 0) is 14.8 Å². The van der Waals surface area contributed by atoms with Crippen molar-refractivity contribution >= 4 is 27.3 Å². The number of carbonyl (C=O) groups excluding carboxylic acids is 1. The molecule has 2 aromatic rings. The van der Waals surface area contributed by atoms with Crippen LogP contribution >= 0.6 is 0 Å². The van der Waals surface area contributed by atoms with E-state index in [0.29, 0.717) is 22.7 Å². The third kappa shape index (κ3) is 3.67. The molecular weight excluding hydrogens is 352 g/mol. The zero-order valence-electron chi connectivity index (χ0n) is 15.0. The average molecular weight is 374 g/mol. The van der Waals surface area contributed by atoms with E-state index in [1.807, 2.05) is 0 Å². The first-order valence-electron chi connectivity index (χ1n) is 8.40. The Hall–Kier alpha value is -2.54. The molecule has 0 spiro atoms. The molecule has 0 atom stereocenters. The molecule has 3 rings (SSSR count). The van der Waals surface area contributed by atoms with Gasteiger partial charge in [-0.2, -0.15) is 0 Å². The van der Waals surface area contributed by atoms with Crippen molar-refractivity contribution in [1.82, 2.24) is 0 Å². The number of aryl methyl sites for hydroxylation is 1. The summed E-state index contributed by atoms with van der Waals surface area (Å²) in [6.45, 7) is 3.21. The van der Waals surface area contributed by atoms with Crippen molar-refractivity contribution in [3.05, 3.63) is 48.0 Å². The maximum atomic E-state index is 12.9. The van der Waals surface area contributed by atoms with Gasteiger partial charge in [0.2, 0.25) is 5.91 Å². The number of benzene rings is 2. The fourth-order valence-electron chi connectivity index (χ4n) is 2.98. The molecule has 0 heterocycles. The summed E-state index contributed by atoms with van der Waals surface area (Å²) in [6.07, 6.45) is 1.86. The van der Waals surface area contributed by atoms with E-state index in [1.165, 1.54) is 20.1 Å². The topological polar surface area (TPSA) is 75.7 Å². The van der Waals surface area contributed by atoms with Crippen LogP contribution in [0.25, 0.3) is 0 Å². The molecule has 1 amide bonds. The minimum Gasteiger partial charge on any atom is -0.497 e. The van der Waals surface area contributed by atoms with Gasteiger partial charge in [-0.25, -0.2) is 8.42 Å². The second kappa shape index (κ2) is 6.99. The van der Waals surface area contributed by atoms with Gasteiger partial charge in [-0.05, 0) is 55.7 Å². The number of hydrogen-bond acceptors (Lipinski definition) is 4. The third-order valence-electron chi connectivity index (χ3n) is 4.33. The number of amides is 1. The normalized spacial score (nSPS) is 14.0. The lowest BCUT2D eigenvalue weighted by atomic mass is 10.2. The van der Waals surface area contributed by atoms with Gasteiger partial charge in [0.1, 0.15) is 5.75 Å². The maximum Gasteiger partial charge on any atom is 0.262 e. The molecule has 0 aromatic heterocycles. The Morgan fingerprint density at radius 2 is 1.88 bits per heavy atom. The molecule has 1 aliphatic rings. The summed E-state index contributed by atoms with van der Waals surface area (Å²) >= 11 is 0. The Kier molecular flexibility index (Phi) is 4.91. The summed E-state index contributed by atoms with van der Waals surface area (Å²) in [5, 5.41) is 0. The zero-order chi connectivity index (χ0) is 18.9. The standard InChI is InChI=1S/C19H22N2O4S/c1-13-12-16(25-3)10-11-19(13)26(23,24)20-17-6-4-5-7-18(17)21(14(2)22)15-8-9-15/h4-7,10-12,15,20H,8-9H2,1-3H3. The van der Waals surface area contributed by atoms with E-state index in [2.05, 4.69) is 4.72 Å². The van der Waals surface area contributed by atoms with E-state index in [0.717, 1.165) is 12.8 Å². The summed E-state index contributed by atoms with van der Waals surface area (Å²) in [6, 6.07) is 11.9. The van der Waals surface area contributed by atoms with Crippen molar-refractivity contribution in [2.24, 2.45) is 0 Å². The molecule has 7 heteroatoms. The van der Waals surface area contributed by atoms with Crippen LogP contribution in [-0.4, -0.2) is 27.5 Å². The van der Waals surface area contributed by atoms with Crippen LogP contribution in [0.1, 0.15) is 25.3 Å². The lowest BCUT2D eigenvalue weighted by Gasteiger charge is -2.24. The molecular formula is C19H22N2O4S. The number of anilines is 2. The molecule has 26 heavy (non-hydrogen) atoms. The summed E-state index contributed by atoms with van der Waals surface area (Å²) in [7, 11) is -2.27. The molecule has 0 saturated heterocycles. The lowest BCUT2D eigenvalue weighted by Crippen LogP contribution is -2.31. The van der Waals surface area contributed by atoms with Crippen molar-refractivity contribution in [3.63, 3.8) is 0 Å². The van der Waals surface area contributed by atoms with E-state index in [-0.39, 0.29) is 16.8 Å². The average Bonchev–Trinajstić information content (AvgIpc) is 3.40. The van der Waals surface area contributed by atoms with E-state index < -0.39 is 10.0 Å². The van der Waals surface area contributed by atoms with Crippen LogP contribution in [0, 0.1) is 6.92 Å². The number of sulfonamides is 1. The quantitative estimate of drug-likeness (QED) is 0.842. The second-order valence-electron chi connectivity index (χ2n) is 6.37. The van der Waals surface area contributed by atoms with Crippen LogP contribution in [0.3, 0.4) is 0 Å². The molecule has 138 valence electrons. The third-order valence-corrected chi connectivity index (χ3v) is 5.86. The highest BCUT2D eigenvalue weighted by molar-refractivity contribution is 7.92. The molecule has 0 radical (unpaired) electrons. The first-order chi connectivity index (χ1) is 12.3. The van der Waals surface area contributed by atoms with Gasteiger partial charge < -0.3 is 9.64 Å². The van der Waals surface area contributed by atoms with E-state index in [9.17, 15) is 13.2 Å². The van der Waals surface area contributed by atoms with Gasteiger partial charge in [0, 0.05) is 13.0 Å². The molecule has 6 nitrogen and oxygen atoms in total. The van der Waals surface area contributed by atoms with E-state index in [1.54, 1.807) is 48.2 Å². The van der Waals surface area contributed by atoms with Gasteiger partial charge in [0.25, 0.3) is 10.0 Å². The smallest absolute Gasteiger partial charge is 0.262 e. The van der Waals surface area contributed by atoms with Crippen molar-refractivity contribution in [3.8, 4) is 5.75 Å². The fraction of sp³-hybridized carbons (Fsp3) is 0.316. The predicted molar refractivity (Wildman–Crippen MR) is 101 cm³/mol. The Labute approximate surface area is 153 Å². The van der Waals surface area contributed by atoms with Gasteiger partial charge in [0.05, 0.1) is 23.4 Å². The summed E-state index contributed by atoms with van der Waals surface area (Å²) in [5.74, 6) is 0.498. The fourth-order valence-corrected chi connectivity index (χ4v) is 4.28. The van der Waals surface area contributed by atoms with Crippen molar-refractivity contribution in [2.75, 3.05) is 16.7 Å². The Bertz CT molecular complexity index is 936. The highest BCUT2D eigenvalue weighted by atomic mass is 32.2. The summed E-state index contributed by atoms with van der Waals surface area (Å²) < 4.78 is 33.6. The Balaban J connectivity index is 1.97. The minimum atomic E-state index is -3.80. The largest absolute Gasteiger partial charge is 0.497 e. The van der Waals surface area contributed by atoms with Crippen LogP contribution in [0.15, 0.2) is 47.4 Å². The molecule has 1 fully saturated rings. The molecule has 0 unspecified atom stereocenters. The van der Waals surface area contributed by atoms with Crippen LogP contribution in [0.2, 0.25) is 0 Å². The van der Waals surface area contributed by atoms with Gasteiger partial charge >= 0.3 is 0 Å². The zero-order valence-corrected chi connectivity index (χ0v) is 15.8. The predicted octanol–water partition coefficient (Wildman–Crippen LogP) is 3.32. The summed E-state index contributed by atoms with van der Waals surface area (Å²) in [4.78, 5) is 13.9. The number of carbonyl (C=O) groups is 1. The number of rotatable bonds is 6. The Morgan fingerprint density at radius 1 is 1.19 bits per heavy atom. The molecule has 1 saturated carbocycles. The maximum absolute atomic E-state index is 12.9. The summed E-state index contributed by atoms with van der Waals surface area (Å²) in [5.41, 5.74) is 1.56. The molecule has 0 bridgehead atoms. The number of nitrogens with one attached hydrogen (secondary N) is 1. The monoisotopic (exact) mass is 374 g/mol. The number of nitrogens with zero attached hydrogens (tertiary/aromatic N) is 1. The first kappa shape index (κ1) is 18.3. The minimum absolute atomic E-state index is 0.0974. The van der Waals surface area contributed by atoms with Crippen LogP contribution in [0.5, 0.6) is 5.75 Å². The molecule has 1 N–H and O–H groups in total. The van der Waals surface area contributed by atoms with Crippen LogP contribution < -0.4 is 14.4 Å². The Morgan fingerprint density at radius 3 is 2.46 bits per heavy atom. The highest BCUT2D eigenvalue weighted by Crippen LogP contribution is 2.37. The number of para-hydroxylation sites is 2. The van der Waals surface area contributed by atoms with Crippen molar-refractivity contribution in [2.45, 2.75) is 37.6 Å². The van der Waals surface area contributed by atoms with Crippen molar-refractivity contribution in [1.29, 1.82) is 0 Å². The number of ether oxygens (including phenoxy) is 1. The number of hydrogen-bond donors (Lipinski definition) is 1. The number of methoxy groups -OCH3 is 1. The second-order valence-corrected chi connectivity index (χ2v) is 8.03.